The molecule has 0 aliphatic carbocycles. The van der Waals surface area contributed by atoms with Crippen molar-refractivity contribution in [1.29, 1.82) is 0 Å². The molecule has 1 aromatic heterocycles. The van der Waals surface area contributed by atoms with Gasteiger partial charge < -0.3 is 9.30 Å². The van der Waals surface area contributed by atoms with Gasteiger partial charge in [0, 0.05) is 6.20 Å². The number of aromatic nitrogens is 2. The van der Waals surface area contributed by atoms with E-state index < -0.39 is 5.54 Å². The van der Waals surface area contributed by atoms with Crippen molar-refractivity contribution in [3.8, 4) is 0 Å². The van der Waals surface area contributed by atoms with Crippen LogP contribution < -0.4 is 0 Å². The van der Waals surface area contributed by atoms with Gasteiger partial charge in [0.1, 0.15) is 5.54 Å². The molecule has 178 valence electrons. The number of hydrogen-bond acceptors (Lipinski definition) is 2. The Kier molecular flexibility index (Phi) is 7.50. The van der Waals surface area contributed by atoms with E-state index >= 15 is 0 Å². The van der Waals surface area contributed by atoms with E-state index in [1.165, 1.54) is 22.3 Å². The Labute approximate surface area is 213 Å². The first kappa shape index (κ1) is 23.5. The Hall–Kier alpha value is -4.21. The Balaban J connectivity index is 1.42. The van der Waals surface area contributed by atoms with Crippen LogP contribution in [0.25, 0.3) is 6.08 Å². The van der Waals surface area contributed by atoms with Crippen molar-refractivity contribution in [2.24, 2.45) is 0 Å². The van der Waals surface area contributed by atoms with Crippen molar-refractivity contribution >= 4 is 6.08 Å². The van der Waals surface area contributed by atoms with Gasteiger partial charge in [-0.3, -0.25) is 0 Å². The van der Waals surface area contributed by atoms with Crippen molar-refractivity contribution in [1.82, 2.24) is 9.55 Å². The predicted molar refractivity (Wildman–Crippen MR) is 147 cm³/mol. The van der Waals surface area contributed by atoms with Gasteiger partial charge >= 0.3 is 0 Å². The van der Waals surface area contributed by atoms with Gasteiger partial charge in [-0.1, -0.05) is 127 Å². The van der Waals surface area contributed by atoms with Crippen molar-refractivity contribution in [2.75, 3.05) is 6.61 Å². The quantitative estimate of drug-likeness (QED) is 0.158. The second-order valence-electron chi connectivity index (χ2n) is 8.74. The lowest BCUT2D eigenvalue weighted by Crippen LogP contribution is -2.36. The van der Waals surface area contributed by atoms with Crippen LogP contribution >= 0.6 is 0 Å². The molecule has 0 aliphatic rings. The zero-order valence-electron chi connectivity index (χ0n) is 20.3. The average molecular weight is 471 g/mol. The second kappa shape index (κ2) is 11.5. The number of imidazole rings is 1. The molecule has 0 atom stereocenters. The van der Waals surface area contributed by atoms with E-state index in [0.29, 0.717) is 13.2 Å². The monoisotopic (exact) mass is 470 g/mol. The van der Waals surface area contributed by atoms with Gasteiger partial charge in [0.25, 0.3) is 0 Å². The molecule has 0 fully saturated rings. The summed E-state index contributed by atoms with van der Waals surface area (Å²) in [7, 11) is 0. The van der Waals surface area contributed by atoms with Gasteiger partial charge in [0.05, 0.1) is 25.2 Å². The van der Waals surface area contributed by atoms with E-state index in [0.717, 1.165) is 12.1 Å². The van der Waals surface area contributed by atoms with Crippen LogP contribution in [0, 0.1) is 0 Å². The summed E-state index contributed by atoms with van der Waals surface area (Å²) in [5.41, 5.74) is 5.13. The highest BCUT2D eigenvalue weighted by Crippen LogP contribution is 2.40. The normalized spacial score (nSPS) is 11.7. The topological polar surface area (TPSA) is 27.1 Å². The zero-order valence-corrected chi connectivity index (χ0v) is 20.3. The molecule has 36 heavy (non-hydrogen) atoms. The largest absolute Gasteiger partial charge is 0.376 e. The summed E-state index contributed by atoms with van der Waals surface area (Å²) in [6, 6.07) is 42.2. The van der Waals surface area contributed by atoms with Gasteiger partial charge in [-0.25, -0.2) is 4.98 Å². The molecular weight excluding hydrogens is 440 g/mol. The maximum absolute atomic E-state index is 5.81. The van der Waals surface area contributed by atoms with Crippen molar-refractivity contribution in [3.05, 3.63) is 168 Å². The Morgan fingerprint density at radius 3 is 1.69 bits per heavy atom. The molecule has 0 aliphatic heterocycles. The lowest BCUT2D eigenvalue weighted by Gasteiger charge is -2.37. The van der Waals surface area contributed by atoms with Crippen LogP contribution in [0.1, 0.15) is 34.4 Å². The molecule has 0 amide bonds. The van der Waals surface area contributed by atoms with Crippen LogP contribution in [0.3, 0.4) is 0 Å². The molecule has 0 bridgehead atoms. The fourth-order valence-electron chi connectivity index (χ4n) is 4.71. The third kappa shape index (κ3) is 5.07. The molecule has 0 spiro atoms. The van der Waals surface area contributed by atoms with E-state index in [2.05, 4.69) is 126 Å². The number of ether oxygens (including phenoxy) is 1. The Bertz CT molecular complexity index is 1260. The first-order chi connectivity index (χ1) is 17.9. The summed E-state index contributed by atoms with van der Waals surface area (Å²) in [4.78, 5) is 4.76. The molecule has 5 aromatic rings. The van der Waals surface area contributed by atoms with Crippen molar-refractivity contribution < 1.29 is 4.74 Å². The van der Waals surface area contributed by atoms with Gasteiger partial charge in [-0.2, -0.15) is 0 Å². The standard InChI is InChI=1S/C33H30N2O/c1-5-15-28(16-6-1)26-36-24-14-13-23-32-25-35(27-34-32)33(29-17-7-2-8-18-29,30-19-9-3-10-20-30)31-21-11-4-12-22-31/h1-13,15-23,25,27H,14,24,26H2/b23-13-. The Morgan fingerprint density at radius 1 is 0.667 bits per heavy atom. The Morgan fingerprint density at radius 2 is 1.17 bits per heavy atom. The van der Waals surface area contributed by atoms with Crippen LogP contribution in [0.4, 0.5) is 0 Å². The highest BCUT2D eigenvalue weighted by Gasteiger charge is 2.38. The summed E-state index contributed by atoms with van der Waals surface area (Å²) in [6.07, 6.45) is 9.12. The minimum absolute atomic E-state index is 0.540. The van der Waals surface area contributed by atoms with Gasteiger partial charge in [0.2, 0.25) is 0 Å². The fraction of sp³-hybridized carbons (Fsp3) is 0.121. The summed E-state index contributed by atoms with van der Waals surface area (Å²) < 4.78 is 8.05. The van der Waals surface area contributed by atoms with Crippen LogP contribution in [-0.2, 0) is 16.9 Å². The minimum atomic E-state index is -0.540. The van der Waals surface area contributed by atoms with Gasteiger partial charge in [-0.15, -0.1) is 0 Å². The lowest BCUT2D eigenvalue weighted by molar-refractivity contribution is 0.125. The molecule has 3 nitrogen and oxygen atoms in total. The molecule has 0 radical (unpaired) electrons. The molecule has 3 heteroatoms. The summed E-state index contributed by atoms with van der Waals surface area (Å²) in [5, 5.41) is 0. The predicted octanol–water partition coefficient (Wildman–Crippen LogP) is 7.34. The molecule has 5 rings (SSSR count). The maximum Gasteiger partial charge on any atom is 0.121 e. The molecule has 0 saturated carbocycles. The van der Waals surface area contributed by atoms with Gasteiger partial charge in [-0.05, 0) is 34.8 Å². The molecular formula is C33H30N2O. The van der Waals surface area contributed by atoms with Crippen LogP contribution in [0.2, 0.25) is 0 Å². The highest BCUT2D eigenvalue weighted by atomic mass is 16.5. The van der Waals surface area contributed by atoms with E-state index in [-0.39, 0.29) is 0 Å². The lowest BCUT2D eigenvalue weighted by atomic mass is 9.77. The highest BCUT2D eigenvalue weighted by molar-refractivity contribution is 5.52. The second-order valence-corrected chi connectivity index (χ2v) is 8.74. The van der Waals surface area contributed by atoms with Crippen LogP contribution in [0.15, 0.2) is 140 Å². The van der Waals surface area contributed by atoms with E-state index in [1.54, 1.807) is 0 Å². The van der Waals surface area contributed by atoms with Crippen molar-refractivity contribution in [3.63, 3.8) is 0 Å². The molecule has 0 N–H and O–H groups in total. The first-order valence-electron chi connectivity index (χ1n) is 12.4. The summed E-state index contributed by atoms with van der Waals surface area (Å²) in [5.74, 6) is 0. The van der Waals surface area contributed by atoms with Crippen molar-refractivity contribution in [2.45, 2.75) is 18.6 Å². The smallest absolute Gasteiger partial charge is 0.121 e. The minimum Gasteiger partial charge on any atom is -0.376 e. The number of hydrogen-bond donors (Lipinski definition) is 0. The fourth-order valence-corrected chi connectivity index (χ4v) is 4.71. The SMILES string of the molecule is C(=C/c1cn(C(c2ccccc2)(c2ccccc2)c2ccccc2)cn1)/CCOCc1ccccc1. The van der Waals surface area contributed by atoms with Crippen LogP contribution in [-0.4, -0.2) is 16.2 Å². The molecule has 1 heterocycles. The maximum atomic E-state index is 5.81. The first-order valence-corrected chi connectivity index (χ1v) is 12.4. The number of benzene rings is 4. The van der Waals surface area contributed by atoms with E-state index in [1.807, 2.05) is 24.5 Å². The zero-order chi connectivity index (χ0) is 24.5. The van der Waals surface area contributed by atoms with Gasteiger partial charge in [0.15, 0.2) is 0 Å². The van der Waals surface area contributed by atoms with E-state index in [4.69, 9.17) is 9.72 Å². The van der Waals surface area contributed by atoms with E-state index in [9.17, 15) is 0 Å². The third-order valence-corrected chi connectivity index (χ3v) is 6.39. The molecule has 4 aromatic carbocycles. The third-order valence-electron chi connectivity index (χ3n) is 6.39. The van der Waals surface area contributed by atoms with Crippen LogP contribution in [0.5, 0.6) is 0 Å². The number of rotatable bonds is 10. The molecule has 0 unspecified atom stereocenters. The number of nitrogens with zero attached hydrogens (tertiary/aromatic N) is 2. The molecule has 0 saturated heterocycles. The summed E-state index contributed by atoms with van der Waals surface area (Å²) >= 11 is 0. The summed E-state index contributed by atoms with van der Waals surface area (Å²) in [6.45, 7) is 1.31. The average Bonchev–Trinajstić information content (AvgIpc) is 3.42.